The van der Waals surface area contributed by atoms with E-state index in [0.717, 1.165) is 44.2 Å². The lowest BCUT2D eigenvalue weighted by Gasteiger charge is -2.28. The van der Waals surface area contributed by atoms with Gasteiger partial charge in [0, 0.05) is 45.4 Å². The van der Waals surface area contributed by atoms with Crippen LogP contribution >= 0.6 is 0 Å². The van der Waals surface area contributed by atoms with E-state index < -0.39 is 0 Å². The van der Waals surface area contributed by atoms with Crippen LogP contribution in [0.1, 0.15) is 26.3 Å². The van der Waals surface area contributed by atoms with Crippen LogP contribution in [0.15, 0.2) is 128 Å². The highest BCUT2D eigenvalue weighted by Gasteiger charge is 2.33. The van der Waals surface area contributed by atoms with E-state index in [2.05, 4.69) is 82.3 Å². The largest absolute Gasteiger partial charge is 0.309 e. The van der Waals surface area contributed by atoms with Gasteiger partial charge in [-0.3, -0.25) is 19.5 Å². The van der Waals surface area contributed by atoms with Crippen LogP contribution in [0.2, 0.25) is 0 Å². The fourth-order valence-corrected chi connectivity index (χ4v) is 6.20. The maximum absolute atomic E-state index is 13.5. The summed E-state index contributed by atoms with van der Waals surface area (Å²) < 4.78 is 2.29. The van der Waals surface area contributed by atoms with Crippen molar-refractivity contribution < 1.29 is 9.59 Å². The van der Waals surface area contributed by atoms with Crippen molar-refractivity contribution in [2.24, 2.45) is 0 Å². The van der Waals surface area contributed by atoms with E-state index in [-0.39, 0.29) is 18.4 Å². The molecule has 0 unspecified atom stereocenters. The number of para-hydroxylation sites is 2. The van der Waals surface area contributed by atoms with Crippen LogP contribution in [0, 0.1) is 0 Å². The summed E-state index contributed by atoms with van der Waals surface area (Å²) in [6.07, 6.45) is 3.34. The SMILES string of the molecule is O=C1c2cccc3c(-c4ccc(-n5c6ccccc6c6ccccc65)cc4)ccc(c23)C(=O)N1Cc1ccncc1. The Morgan fingerprint density at radius 3 is 1.80 bits per heavy atom. The molecule has 0 bridgehead atoms. The number of pyridine rings is 1. The molecule has 0 fully saturated rings. The molecule has 194 valence electrons. The van der Waals surface area contributed by atoms with E-state index in [1.807, 2.05) is 42.5 Å². The Morgan fingerprint density at radius 2 is 1.12 bits per heavy atom. The van der Waals surface area contributed by atoms with Crippen LogP contribution in [0.3, 0.4) is 0 Å². The minimum absolute atomic E-state index is 0.210. The summed E-state index contributed by atoms with van der Waals surface area (Å²) in [6, 6.07) is 38.6. The third kappa shape index (κ3) is 3.52. The van der Waals surface area contributed by atoms with Gasteiger partial charge in [0.05, 0.1) is 17.6 Å². The number of amides is 2. The summed E-state index contributed by atoms with van der Waals surface area (Å²) in [5.74, 6) is -0.549. The highest BCUT2D eigenvalue weighted by atomic mass is 16.2. The highest BCUT2D eigenvalue weighted by molar-refractivity contribution is 6.27. The molecule has 1 aliphatic rings. The fraction of sp³-hybridized carbons (Fsp3) is 0.0278. The molecule has 0 radical (unpaired) electrons. The van der Waals surface area contributed by atoms with E-state index in [4.69, 9.17) is 0 Å². The van der Waals surface area contributed by atoms with Crippen molar-refractivity contribution in [1.29, 1.82) is 0 Å². The van der Waals surface area contributed by atoms with Crippen LogP contribution in [-0.2, 0) is 6.54 Å². The van der Waals surface area contributed by atoms with Crippen molar-refractivity contribution in [3.8, 4) is 16.8 Å². The Bertz CT molecular complexity index is 2090. The van der Waals surface area contributed by atoms with E-state index in [9.17, 15) is 9.59 Å². The molecule has 2 amide bonds. The second-order valence-electron chi connectivity index (χ2n) is 10.4. The van der Waals surface area contributed by atoms with E-state index in [1.54, 1.807) is 12.4 Å². The van der Waals surface area contributed by atoms with Gasteiger partial charge in [-0.2, -0.15) is 0 Å². The molecule has 3 heterocycles. The van der Waals surface area contributed by atoms with Gasteiger partial charge in [-0.15, -0.1) is 0 Å². The summed E-state index contributed by atoms with van der Waals surface area (Å²) in [5, 5.41) is 4.07. The molecule has 5 nitrogen and oxygen atoms in total. The third-order valence-corrected chi connectivity index (χ3v) is 8.10. The smallest absolute Gasteiger partial charge is 0.261 e. The monoisotopic (exact) mass is 529 g/mol. The molecular formula is C36H23N3O2. The maximum atomic E-state index is 13.5. The second-order valence-corrected chi connectivity index (χ2v) is 10.4. The summed E-state index contributed by atoms with van der Waals surface area (Å²) in [6.45, 7) is 0.210. The number of imide groups is 1. The van der Waals surface area contributed by atoms with Gasteiger partial charge in [0.2, 0.25) is 0 Å². The minimum Gasteiger partial charge on any atom is -0.309 e. The van der Waals surface area contributed by atoms with Crippen molar-refractivity contribution >= 4 is 44.4 Å². The highest BCUT2D eigenvalue weighted by Crippen LogP contribution is 2.38. The molecule has 0 aliphatic carbocycles. The Hall–Kier alpha value is -5.55. The number of aromatic nitrogens is 2. The Labute approximate surface area is 235 Å². The molecule has 2 aromatic heterocycles. The summed E-state index contributed by atoms with van der Waals surface area (Å²) >= 11 is 0. The average Bonchev–Trinajstić information content (AvgIpc) is 3.37. The number of hydrogen-bond donors (Lipinski definition) is 0. The molecule has 0 spiro atoms. The third-order valence-electron chi connectivity index (χ3n) is 8.10. The Morgan fingerprint density at radius 1 is 0.537 bits per heavy atom. The summed E-state index contributed by atoms with van der Waals surface area (Å²) in [7, 11) is 0. The van der Waals surface area contributed by atoms with Crippen LogP contribution < -0.4 is 0 Å². The first-order valence-corrected chi connectivity index (χ1v) is 13.6. The van der Waals surface area contributed by atoms with Crippen LogP contribution in [-0.4, -0.2) is 26.3 Å². The molecule has 8 rings (SSSR count). The first-order chi connectivity index (χ1) is 20.2. The van der Waals surface area contributed by atoms with Crippen molar-refractivity contribution in [1.82, 2.24) is 14.5 Å². The zero-order valence-electron chi connectivity index (χ0n) is 22.0. The van der Waals surface area contributed by atoms with Gasteiger partial charge in [-0.25, -0.2) is 0 Å². The molecule has 0 saturated carbocycles. The van der Waals surface area contributed by atoms with Crippen LogP contribution in [0.5, 0.6) is 0 Å². The fourth-order valence-electron chi connectivity index (χ4n) is 6.20. The number of hydrogen-bond acceptors (Lipinski definition) is 3. The van der Waals surface area contributed by atoms with Crippen molar-refractivity contribution in [2.75, 3.05) is 0 Å². The number of rotatable bonds is 4. The number of nitrogens with zero attached hydrogens (tertiary/aromatic N) is 3. The molecular weight excluding hydrogens is 506 g/mol. The van der Waals surface area contributed by atoms with E-state index in [1.165, 1.54) is 15.7 Å². The molecule has 7 aromatic rings. The van der Waals surface area contributed by atoms with Crippen LogP contribution in [0.25, 0.3) is 49.4 Å². The Kier molecular flexibility index (Phi) is 5.12. The van der Waals surface area contributed by atoms with Gasteiger partial charge >= 0.3 is 0 Å². The normalized spacial score (nSPS) is 13.0. The predicted molar refractivity (Wildman–Crippen MR) is 162 cm³/mol. The zero-order valence-corrected chi connectivity index (χ0v) is 22.0. The van der Waals surface area contributed by atoms with Crippen molar-refractivity contribution in [3.63, 3.8) is 0 Å². The maximum Gasteiger partial charge on any atom is 0.261 e. The van der Waals surface area contributed by atoms with Crippen LogP contribution in [0.4, 0.5) is 0 Å². The Balaban J connectivity index is 1.22. The lowest BCUT2D eigenvalue weighted by atomic mass is 9.89. The summed E-state index contributed by atoms with van der Waals surface area (Å²) in [4.78, 5) is 32.5. The van der Waals surface area contributed by atoms with Gasteiger partial charge in [-0.05, 0) is 70.6 Å². The number of carbonyl (C=O) groups is 2. The van der Waals surface area contributed by atoms with E-state index >= 15 is 0 Å². The number of carbonyl (C=O) groups excluding carboxylic acids is 2. The molecule has 0 saturated heterocycles. The molecule has 1 aliphatic heterocycles. The van der Waals surface area contributed by atoms with Gasteiger partial charge in [0.15, 0.2) is 0 Å². The number of benzene rings is 5. The van der Waals surface area contributed by atoms with Gasteiger partial charge in [-0.1, -0.05) is 66.7 Å². The number of fused-ring (bicyclic) bond motifs is 3. The lowest BCUT2D eigenvalue weighted by Crippen LogP contribution is -2.39. The predicted octanol–water partition coefficient (Wildman–Crippen LogP) is 7.80. The van der Waals surface area contributed by atoms with E-state index in [0.29, 0.717) is 11.1 Å². The zero-order chi connectivity index (χ0) is 27.5. The minimum atomic E-state index is -0.274. The first kappa shape index (κ1) is 23.3. The van der Waals surface area contributed by atoms with Gasteiger partial charge in [0.25, 0.3) is 11.8 Å². The van der Waals surface area contributed by atoms with Crippen molar-refractivity contribution in [3.05, 3.63) is 144 Å². The van der Waals surface area contributed by atoms with Gasteiger partial charge < -0.3 is 4.57 Å². The second kappa shape index (κ2) is 9.00. The topological polar surface area (TPSA) is 55.2 Å². The van der Waals surface area contributed by atoms with Crippen molar-refractivity contribution in [2.45, 2.75) is 6.54 Å². The lowest BCUT2D eigenvalue weighted by molar-refractivity contribution is 0.0598. The molecule has 0 atom stereocenters. The molecule has 41 heavy (non-hydrogen) atoms. The molecule has 0 N–H and O–H groups in total. The quantitative estimate of drug-likeness (QED) is 0.219. The van der Waals surface area contributed by atoms with Gasteiger partial charge in [0.1, 0.15) is 0 Å². The first-order valence-electron chi connectivity index (χ1n) is 13.6. The standard InChI is InChI=1S/C36H23N3O2/c40-35-30-9-5-8-29-26(16-17-31(34(29)30)36(41)38(35)22-23-18-20-37-21-19-23)24-12-14-25(15-13-24)39-32-10-3-1-6-27(32)28-7-2-4-11-33(28)39/h1-21H,22H2. The summed E-state index contributed by atoms with van der Waals surface area (Å²) in [5.41, 5.74) is 7.38. The molecule has 5 aromatic carbocycles. The average molecular weight is 530 g/mol. The molecule has 5 heteroatoms.